The van der Waals surface area contributed by atoms with Crippen LogP contribution in [0.2, 0.25) is 0 Å². The first-order valence-electron chi connectivity index (χ1n) is 25.5. The summed E-state index contributed by atoms with van der Waals surface area (Å²) < 4.78 is 9.15. The van der Waals surface area contributed by atoms with Gasteiger partial charge in [0.25, 0.3) is 0 Å². The molecule has 0 aliphatic rings. The van der Waals surface area contributed by atoms with Gasteiger partial charge >= 0.3 is 0 Å². The lowest BCUT2D eigenvalue weighted by Crippen LogP contribution is -2.07. The molecule has 0 bridgehead atoms. The van der Waals surface area contributed by atoms with Gasteiger partial charge in [-0.3, -0.25) is 17.9 Å². The van der Waals surface area contributed by atoms with E-state index < -0.39 is 0 Å². The highest BCUT2D eigenvalue weighted by Crippen LogP contribution is 2.46. The van der Waals surface area contributed by atoms with Crippen LogP contribution in [0.1, 0.15) is 5.56 Å². The zero-order chi connectivity index (χ0) is 50.3. The van der Waals surface area contributed by atoms with E-state index in [0.717, 1.165) is 134 Å². The van der Waals surface area contributed by atoms with Gasteiger partial charge in [-0.15, -0.1) is 0 Å². The lowest BCUT2D eigenvalue weighted by Gasteiger charge is -2.22. The Bertz CT molecular complexity index is 4480. The maximum absolute atomic E-state index is 12.0. The van der Waals surface area contributed by atoms with Crippen molar-refractivity contribution in [2.75, 3.05) is 0 Å². The molecular weight excluding hydrogens is 927 g/mol. The number of fused-ring (bicyclic) bond motifs is 10. The van der Waals surface area contributed by atoms with Crippen LogP contribution < -0.4 is 0 Å². The Morgan fingerprint density at radius 2 is 0.579 bits per heavy atom. The summed E-state index contributed by atoms with van der Waals surface area (Å²) in [6.07, 6.45) is 0. The van der Waals surface area contributed by atoms with E-state index in [-0.39, 0.29) is 0 Å². The van der Waals surface area contributed by atoms with Crippen molar-refractivity contribution in [3.63, 3.8) is 0 Å². The van der Waals surface area contributed by atoms with Crippen LogP contribution in [0.25, 0.3) is 134 Å². The molecule has 0 atom stereocenters. The molecule has 76 heavy (non-hydrogen) atoms. The van der Waals surface area contributed by atoms with Crippen molar-refractivity contribution >= 4 is 55.7 Å². The molecule has 15 aromatic rings. The third kappa shape index (κ3) is 6.75. The number of hydrogen-bond acceptors (Lipinski definition) is 3. The molecule has 7 heteroatoms. The number of nitriles is 1. The minimum atomic E-state index is 0.539. The summed E-state index contributed by atoms with van der Waals surface area (Å²) in [7, 11) is 0. The topological polar surface area (TPSA) is 68.2 Å². The first-order valence-corrected chi connectivity index (χ1v) is 25.5. The van der Waals surface area contributed by atoms with E-state index in [2.05, 4.69) is 248 Å². The highest BCUT2D eigenvalue weighted by molar-refractivity contribution is 6.02. The standard InChI is InChI=1S/C69H43N7/c70-44-55-66(49-27-15-5-16-28-49)64(73-58-37-33-53(47-23-11-3-12-24-47)41-62(58)75-60-39-51(45-19-7-1-8-20-45)31-35-56(60)71-68(73)75)43-65(67(55)50-29-17-6-18-30-50)74-59-38-34-54(48-25-13-4-14-26-48)42-63(59)76-61-40-52(46-21-9-2-10-22-46)32-36-57(61)72-69(74)76/h1-43H. The zero-order valence-electron chi connectivity index (χ0n) is 41.0. The molecule has 0 unspecified atom stereocenters. The highest BCUT2D eigenvalue weighted by Gasteiger charge is 2.29. The molecule has 4 heterocycles. The van der Waals surface area contributed by atoms with Crippen molar-refractivity contribution in [2.24, 2.45) is 0 Å². The SMILES string of the molecule is N#Cc1c(-c2ccccc2)c(-n2c3ccc(-c4ccccc4)cc3n3c4cc(-c5ccccc5)ccc4nc23)cc(-n2c3ccc(-c4ccccc4)cc3n3c4cc(-c5ccccc5)ccc4nc23)c1-c1ccccc1. The Labute approximate surface area is 437 Å². The molecule has 0 amide bonds. The van der Waals surface area contributed by atoms with E-state index in [1.807, 2.05) is 36.4 Å². The summed E-state index contributed by atoms with van der Waals surface area (Å²) in [6.45, 7) is 0. The number of imidazole rings is 4. The van der Waals surface area contributed by atoms with Crippen molar-refractivity contribution in [3.05, 3.63) is 266 Å². The monoisotopic (exact) mass is 969 g/mol. The molecule has 0 saturated carbocycles. The molecule has 15 rings (SSSR count). The molecule has 0 fully saturated rings. The van der Waals surface area contributed by atoms with Crippen molar-refractivity contribution in [2.45, 2.75) is 0 Å². The third-order valence-corrected chi connectivity index (χ3v) is 15.0. The van der Waals surface area contributed by atoms with Gasteiger partial charge in [-0.2, -0.15) is 5.26 Å². The van der Waals surface area contributed by atoms with E-state index in [1.54, 1.807) is 0 Å². The molecule has 0 spiro atoms. The van der Waals surface area contributed by atoms with E-state index in [0.29, 0.717) is 5.56 Å². The quantitative estimate of drug-likeness (QED) is 0.152. The maximum atomic E-state index is 12.0. The van der Waals surface area contributed by atoms with Crippen molar-refractivity contribution in [1.82, 2.24) is 27.9 Å². The Hall–Kier alpha value is -10.6. The fourth-order valence-corrected chi connectivity index (χ4v) is 11.5. The summed E-state index contributed by atoms with van der Waals surface area (Å²) >= 11 is 0. The van der Waals surface area contributed by atoms with Gasteiger partial charge in [0.05, 0.1) is 61.1 Å². The first-order chi connectivity index (χ1) is 37.7. The average Bonchev–Trinajstić information content (AvgIpc) is 4.41. The number of benzene rings is 11. The second-order valence-corrected chi connectivity index (χ2v) is 19.3. The Balaban J connectivity index is 1.11. The van der Waals surface area contributed by atoms with Gasteiger partial charge in [-0.05, 0) is 110 Å². The molecule has 354 valence electrons. The Kier molecular flexibility index (Phi) is 9.81. The maximum Gasteiger partial charge on any atom is 0.220 e. The van der Waals surface area contributed by atoms with Crippen LogP contribution >= 0.6 is 0 Å². The fourth-order valence-electron chi connectivity index (χ4n) is 11.5. The van der Waals surface area contributed by atoms with Crippen LogP contribution in [0, 0.1) is 11.3 Å². The Morgan fingerprint density at radius 1 is 0.276 bits per heavy atom. The summed E-state index contributed by atoms with van der Waals surface area (Å²) in [4.78, 5) is 11.1. The summed E-state index contributed by atoms with van der Waals surface area (Å²) in [5.41, 5.74) is 22.0. The smallest absolute Gasteiger partial charge is 0.220 e. The van der Waals surface area contributed by atoms with Crippen LogP contribution in [0.5, 0.6) is 0 Å². The van der Waals surface area contributed by atoms with E-state index >= 15 is 0 Å². The van der Waals surface area contributed by atoms with Crippen LogP contribution in [-0.4, -0.2) is 27.9 Å². The van der Waals surface area contributed by atoms with Crippen molar-refractivity contribution < 1.29 is 0 Å². The van der Waals surface area contributed by atoms with Gasteiger partial charge < -0.3 is 0 Å². The molecule has 0 saturated heterocycles. The number of rotatable bonds is 8. The van der Waals surface area contributed by atoms with Crippen LogP contribution in [0.4, 0.5) is 0 Å². The van der Waals surface area contributed by atoms with Gasteiger partial charge in [-0.1, -0.05) is 206 Å². The highest BCUT2D eigenvalue weighted by atomic mass is 15.2. The predicted octanol–water partition coefficient (Wildman–Crippen LogP) is 17.0. The van der Waals surface area contributed by atoms with Crippen LogP contribution in [0.3, 0.4) is 0 Å². The molecular formula is C69H43N7. The van der Waals surface area contributed by atoms with Crippen molar-refractivity contribution in [1.29, 1.82) is 5.26 Å². The predicted molar refractivity (Wildman–Crippen MR) is 310 cm³/mol. The molecule has 0 N–H and O–H groups in total. The first kappa shape index (κ1) is 43.1. The Morgan fingerprint density at radius 3 is 0.908 bits per heavy atom. The third-order valence-electron chi connectivity index (χ3n) is 15.0. The van der Waals surface area contributed by atoms with Crippen molar-refractivity contribution in [3.8, 4) is 84.2 Å². The van der Waals surface area contributed by atoms with Gasteiger partial charge in [0.2, 0.25) is 11.6 Å². The fraction of sp³-hybridized carbons (Fsp3) is 0. The average molecular weight is 970 g/mol. The summed E-state index contributed by atoms with van der Waals surface area (Å²) in [5, 5.41) is 12.0. The van der Waals surface area contributed by atoms with Gasteiger partial charge in [0, 0.05) is 11.1 Å². The molecule has 4 aromatic heterocycles. The minimum absolute atomic E-state index is 0.539. The molecule has 7 nitrogen and oxygen atoms in total. The molecule has 0 radical (unpaired) electrons. The second kappa shape index (κ2) is 17.3. The second-order valence-electron chi connectivity index (χ2n) is 19.3. The largest absolute Gasteiger partial charge is 0.277 e. The van der Waals surface area contributed by atoms with E-state index in [9.17, 15) is 5.26 Å². The van der Waals surface area contributed by atoms with Gasteiger partial charge in [-0.25, -0.2) is 9.97 Å². The lowest BCUT2D eigenvalue weighted by atomic mass is 9.89. The van der Waals surface area contributed by atoms with Gasteiger partial charge in [0.15, 0.2) is 0 Å². The lowest BCUT2D eigenvalue weighted by molar-refractivity contribution is 1.08. The van der Waals surface area contributed by atoms with Gasteiger partial charge in [0.1, 0.15) is 6.07 Å². The number of aromatic nitrogens is 6. The van der Waals surface area contributed by atoms with Crippen LogP contribution in [-0.2, 0) is 0 Å². The van der Waals surface area contributed by atoms with E-state index in [4.69, 9.17) is 9.97 Å². The minimum Gasteiger partial charge on any atom is -0.277 e. The van der Waals surface area contributed by atoms with Crippen LogP contribution in [0.15, 0.2) is 261 Å². The van der Waals surface area contributed by atoms with E-state index in [1.165, 1.54) is 0 Å². The summed E-state index contributed by atoms with van der Waals surface area (Å²) in [5.74, 6) is 1.46. The molecule has 0 aliphatic heterocycles. The summed E-state index contributed by atoms with van der Waals surface area (Å²) in [6, 6.07) is 94.4. The molecule has 0 aliphatic carbocycles. The zero-order valence-corrected chi connectivity index (χ0v) is 41.0. The molecule has 11 aromatic carbocycles. The normalized spacial score (nSPS) is 11.7. The number of nitrogens with zero attached hydrogens (tertiary/aromatic N) is 7. The number of hydrogen-bond donors (Lipinski definition) is 0.